The van der Waals surface area contributed by atoms with Crippen LogP contribution in [0.1, 0.15) is 25.3 Å². The molecular formula is C11H16N4O3S. The highest BCUT2D eigenvalue weighted by Crippen LogP contribution is 2.36. The number of nitrogens with one attached hydrogen (secondary N) is 1. The van der Waals surface area contributed by atoms with Crippen molar-refractivity contribution in [3.8, 4) is 0 Å². The number of H-pyrrole nitrogens is 1. The van der Waals surface area contributed by atoms with Gasteiger partial charge in [-0.05, 0) is 25.8 Å². The molecule has 7 nitrogen and oxygen atoms in total. The molecule has 0 aliphatic carbocycles. The number of hydrogen-bond acceptors (Lipinski definition) is 5. The van der Waals surface area contributed by atoms with Crippen LogP contribution in [0.3, 0.4) is 0 Å². The van der Waals surface area contributed by atoms with Gasteiger partial charge in [-0.1, -0.05) is 11.8 Å². The van der Waals surface area contributed by atoms with Crippen LogP contribution in [-0.4, -0.2) is 55.6 Å². The van der Waals surface area contributed by atoms with Gasteiger partial charge in [0.1, 0.15) is 0 Å². The number of carboxylic acids is 1. The minimum atomic E-state index is -0.902. The van der Waals surface area contributed by atoms with Crippen molar-refractivity contribution in [2.45, 2.75) is 36.5 Å². The third-order valence-corrected chi connectivity index (χ3v) is 4.84. The molecule has 0 spiro atoms. The maximum absolute atomic E-state index is 11.9. The van der Waals surface area contributed by atoms with Crippen molar-refractivity contribution in [2.75, 3.05) is 18.8 Å². The van der Waals surface area contributed by atoms with E-state index in [9.17, 15) is 9.59 Å². The summed E-state index contributed by atoms with van der Waals surface area (Å²) >= 11 is 1.10. The highest BCUT2D eigenvalue weighted by Gasteiger charge is 2.39. The van der Waals surface area contributed by atoms with E-state index in [2.05, 4.69) is 15.1 Å². The largest absolute Gasteiger partial charge is 0.481 e. The number of carboxylic acid groups (broad SMARTS) is 1. The first-order chi connectivity index (χ1) is 9.16. The van der Waals surface area contributed by atoms with Gasteiger partial charge in [-0.25, -0.2) is 9.89 Å². The second-order valence-corrected chi connectivity index (χ2v) is 5.91. The van der Waals surface area contributed by atoms with E-state index in [4.69, 9.17) is 5.11 Å². The van der Waals surface area contributed by atoms with Gasteiger partial charge in [-0.15, -0.1) is 5.10 Å². The van der Waals surface area contributed by atoms with E-state index in [0.717, 1.165) is 37.7 Å². The first-order valence-corrected chi connectivity index (χ1v) is 7.41. The molecule has 2 atom stereocenters. The Kier molecular flexibility index (Phi) is 3.36. The zero-order chi connectivity index (χ0) is 13.4. The summed E-state index contributed by atoms with van der Waals surface area (Å²) in [6.07, 6.45) is 3.21. The molecule has 1 aromatic rings. The van der Waals surface area contributed by atoms with E-state index >= 15 is 0 Å². The van der Waals surface area contributed by atoms with Gasteiger partial charge >= 0.3 is 11.7 Å². The van der Waals surface area contributed by atoms with Gasteiger partial charge in [0.05, 0.1) is 11.8 Å². The Morgan fingerprint density at radius 1 is 1.42 bits per heavy atom. The molecule has 0 saturated carbocycles. The van der Waals surface area contributed by atoms with Gasteiger partial charge in [-0.2, -0.15) is 0 Å². The third kappa shape index (κ3) is 2.30. The molecular weight excluding hydrogens is 268 g/mol. The Morgan fingerprint density at radius 3 is 3.05 bits per heavy atom. The number of carbonyl (C=O) groups is 1. The molecule has 2 saturated heterocycles. The Bertz CT molecular complexity index is 540. The highest BCUT2D eigenvalue weighted by atomic mass is 32.2. The lowest BCUT2D eigenvalue weighted by Crippen LogP contribution is -2.32. The van der Waals surface area contributed by atoms with Crippen LogP contribution in [-0.2, 0) is 4.79 Å². The summed E-state index contributed by atoms with van der Waals surface area (Å²) < 4.78 is 1.66. The van der Waals surface area contributed by atoms with Crippen LogP contribution >= 0.6 is 11.8 Å². The number of aromatic nitrogens is 3. The molecule has 0 aromatic carbocycles. The zero-order valence-corrected chi connectivity index (χ0v) is 11.2. The molecule has 3 rings (SSSR count). The normalized spacial score (nSPS) is 26.7. The fourth-order valence-electron chi connectivity index (χ4n) is 3.17. The van der Waals surface area contributed by atoms with Crippen LogP contribution in [0.5, 0.6) is 0 Å². The van der Waals surface area contributed by atoms with Crippen molar-refractivity contribution in [1.29, 1.82) is 0 Å². The van der Waals surface area contributed by atoms with Crippen LogP contribution in [0.25, 0.3) is 0 Å². The second-order valence-electron chi connectivity index (χ2n) is 4.97. The Morgan fingerprint density at radius 2 is 2.26 bits per heavy atom. The predicted molar refractivity (Wildman–Crippen MR) is 69.5 cm³/mol. The number of nitrogens with zero attached hydrogens (tertiary/aromatic N) is 3. The molecule has 8 heteroatoms. The van der Waals surface area contributed by atoms with Crippen molar-refractivity contribution < 1.29 is 9.90 Å². The van der Waals surface area contributed by atoms with Gasteiger partial charge in [0.15, 0.2) is 5.16 Å². The molecule has 3 heterocycles. The summed E-state index contributed by atoms with van der Waals surface area (Å²) in [6, 6.07) is 0.532. The number of hydrogen-bond donors (Lipinski definition) is 2. The SMILES string of the molecule is O=C(O)CSc1n[nH]c(=O)n1C1CCN2CCCC12. The van der Waals surface area contributed by atoms with Crippen LogP contribution in [0.4, 0.5) is 0 Å². The lowest BCUT2D eigenvalue weighted by molar-refractivity contribution is -0.133. The number of aliphatic carboxylic acids is 1. The monoisotopic (exact) mass is 284 g/mol. The zero-order valence-electron chi connectivity index (χ0n) is 10.4. The van der Waals surface area contributed by atoms with Crippen LogP contribution in [0.15, 0.2) is 9.95 Å². The lowest BCUT2D eigenvalue weighted by Gasteiger charge is -2.21. The smallest absolute Gasteiger partial charge is 0.344 e. The molecule has 19 heavy (non-hydrogen) atoms. The summed E-state index contributed by atoms with van der Waals surface area (Å²) in [6.45, 7) is 2.11. The van der Waals surface area contributed by atoms with Crippen LogP contribution in [0, 0.1) is 0 Å². The van der Waals surface area contributed by atoms with Crippen molar-refractivity contribution in [3.63, 3.8) is 0 Å². The molecule has 0 radical (unpaired) electrons. The second kappa shape index (κ2) is 5.01. The van der Waals surface area contributed by atoms with Crippen molar-refractivity contribution in [1.82, 2.24) is 19.7 Å². The summed E-state index contributed by atoms with van der Waals surface area (Å²) in [7, 11) is 0. The first-order valence-electron chi connectivity index (χ1n) is 6.42. The summed E-state index contributed by atoms with van der Waals surface area (Å²) in [5.74, 6) is -0.980. The van der Waals surface area contributed by atoms with E-state index in [1.54, 1.807) is 4.57 Å². The molecule has 2 aliphatic heterocycles. The quantitative estimate of drug-likeness (QED) is 0.765. The molecule has 2 aliphatic rings. The Balaban J connectivity index is 1.85. The highest BCUT2D eigenvalue weighted by molar-refractivity contribution is 7.99. The van der Waals surface area contributed by atoms with Crippen LogP contribution in [0.2, 0.25) is 0 Å². The van der Waals surface area contributed by atoms with Gasteiger partial charge in [0, 0.05) is 12.6 Å². The fraction of sp³-hybridized carbons (Fsp3) is 0.727. The molecule has 0 amide bonds. The fourth-order valence-corrected chi connectivity index (χ4v) is 3.89. The number of thioether (sulfide) groups is 1. The lowest BCUT2D eigenvalue weighted by atomic mass is 10.1. The molecule has 104 valence electrons. The third-order valence-electron chi connectivity index (χ3n) is 3.90. The van der Waals surface area contributed by atoms with Crippen LogP contribution < -0.4 is 5.69 Å². The summed E-state index contributed by atoms with van der Waals surface area (Å²) in [5.41, 5.74) is -0.230. The van der Waals surface area contributed by atoms with E-state index in [1.165, 1.54) is 6.42 Å². The number of aromatic amines is 1. The molecule has 2 N–H and O–H groups in total. The van der Waals surface area contributed by atoms with E-state index in [0.29, 0.717) is 11.2 Å². The van der Waals surface area contributed by atoms with Gasteiger partial charge in [0.2, 0.25) is 0 Å². The van der Waals surface area contributed by atoms with Crippen molar-refractivity contribution in [2.24, 2.45) is 0 Å². The maximum atomic E-state index is 11.9. The standard InChI is InChI=1S/C11H16N4O3S/c16-9(17)6-19-11-13-12-10(18)15(11)8-3-5-14-4-1-2-7(8)14/h7-8H,1-6H2,(H,12,18)(H,16,17). The number of fused-ring (bicyclic) bond motifs is 1. The van der Waals surface area contributed by atoms with Gasteiger partial charge < -0.3 is 5.11 Å². The maximum Gasteiger partial charge on any atom is 0.344 e. The molecule has 2 unspecified atom stereocenters. The summed E-state index contributed by atoms with van der Waals surface area (Å²) in [5, 5.41) is 15.6. The Labute approximate surface area is 114 Å². The molecule has 2 fully saturated rings. The average molecular weight is 284 g/mol. The minimum absolute atomic E-state index is 0.0780. The summed E-state index contributed by atoms with van der Waals surface area (Å²) in [4.78, 5) is 25.0. The van der Waals surface area contributed by atoms with Crippen molar-refractivity contribution >= 4 is 17.7 Å². The first kappa shape index (κ1) is 12.7. The van der Waals surface area contributed by atoms with E-state index in [-0.39, 0.29) is 17.5 Å². The molecule has 1 aromatic heterocycles. The van der Waals surface area contributed by atoms with E-state index in [1.807, 2.05) is 0 Å². The van der Waals surface area contributed by atoms with E-state index < -0.39 is 5.97 Å². The van der Waals surface area contributed by atoms with Gasteiger partial charge in [0.25, 0.3) is 0 Å². The number of rotatable bonds is 4. The predicted octanol–water partition coefficient (Wildman–Crippen LogP) is 0.157. The Hall–Kier alpha value is -1.28. The van der Waals surface area contributed by atoms with Gasteiger partial charge in [-0.3, -0.25) is 14.3 Å². The topological polar surface area (TPSA) is 91.2 Å². The minimum Gasteiger partial charge on any atom is -0.481 e. The van der Waals surface area contributed by atoms with Crippen molar-refractivity contribution in [3.05, 3.63) is 10.5 Å². The molecule has 0 bridgehead atoms. The average Bonchev–Trinajstić information content (AvgIpc) is 3.02.